The second-order valence-electron chi connectivity index (χ2n) is 7.97. The zero-order valence-corrected chi connectivity index (χ0v) is 17.5. The summed E-state index contributed by atoms with van der Waals surface area (Å²) in [6.07, 6.45) is 3.47. The number of ether oxygens (including phenoxy) is 1. The normalized spacial score (nSPS) is 20.2. The molecule has 1 N–H and O–H groups in total. The second kappa shape index (κ2) is 9.85. The molecule has 28 heavy (non-hydrogen) atoms. The van der Waals surface area contributed by atoms with Gasteiger partial charge in [0.1, 0.15) is 0 Å². The minimum atomic E-state index is -3.18. The Morgan fingerprint density at radius 3 is 2.46 bits per heavy atom. The first-order valence-corrected chi connectivity index (χ1v) is 12.0. The average Bonchev–Trinajstić information content (AvgIpc) is 3.23. The molecule has 1 aromatic rings. The number of morpholine rings is 1. The van der Waals surface area contributed by atoms with Gasteiger partial charge >= 0.3 is 0 Å². The van der Waals surface area contributed by atoms with Crippen LogP contribution in [0.1, 0.15) is 49.3 Å². The van der Waals surface area contributed by atoms with Crippen molar-refractivity contribution in [2.45, 2.75) is 50.3 Å². The lowest BCUT2D eigenvalue weighted by Gasteiger charge is -2.31. The number of benzene rings is 1. The van der Waals surface area contributed by atoms with Crippen LogP contribution in [0.3, 0.4) is 0 Å². The summed E-state index contributed by atoms with van der Waals surface area (Å²) < 4.78 is 30.3. The van der Waals surface area contributed by atoms with Crippen molar-refractivity contribution in [3.8, 4) is 0 Å². The molecule has 2 fully saturated rings. The largest absolute Gasteiger partial charge is 0.379 e. The van der Waals surface area contributed by atoms with Crippen LogP contribution in [0.2, 0.25) is 0 Å². The summed E-state index contributed by atoms with van der Waals surface area (Å²) >= 11 is 0. The molecular formula is C21H32N2O4S. The molecule has 7 heteroatoms. The fraction of sp³-hybridized carbons (Fsp3) is 0.667. The van der Waals surface area contributed by atoms with Crippen molar-refractivity contribution in [3.63, 3.8) is 0 Å². The van der Waals surface area contributed by atoms with E-state index in [9.17, 15) is 13.2 Å². The van der Waals surface area contributed by atoms with E-state index >= 15 is 0 Å². The summed E-state index contributed by atoms with van der Waals surface area (Å²) in [5.41, 5.74) is 2.21. The molecule has 1 aromatic carbocycles. The first kappa shape index (κ1) is 21.3. The number of sulfone groups is 1. The number of carbonyl (C=O) groups excluding carboxylic acids is 1. The van der Waals surface area contributed by atoms with Crippen molar-refractivity contribution in [3.05, 3.63) is 35.4 Å². The summed E-state index contributed by atoms with van der Waals surface area (Å²) in [4.78, 5) is 14.9. The highest BCUT2D eigenvalue weighted by atomic mass is 32.2. The van der Waals surface area contributed by atoms with Crippen LogP contribution < -0.4 is 5.32 Å². The molecule has 1 unspecified atom stereocenters. The van der Waals surface area contributed by atoms with Crippen molar-refractivity contribution >= 4 is 15.7 Å². The molecule has 0 bridgehead atoms. The maximum atomic E-state index is 12.6. The summed E-state index contributed by atoms with van der Waals surface area (Å²) in [5, 5.41) is 2.83. The number of nitrogens with zero attached hydrogens (tertiary/aromatic N) is 1. The maximum absolute atomic E-state index is 12.6. The smallest absolute Gasteiger partial charge is 0.221 e. The SMILES string of the molecule is Cc1ccc(C(CN2CCOCC2)NC(=O)CCS(=O)(=O)C2CCCC2)cc1. The van der Waals surface area contributed by atoms with Gasteiger partial charge in [-0.25, -0.2) is 8.42 Å². The maximum Gasteiger partial charge on any atom is 0.221 e. The molecule has 1 aliphatic heterocycles. The van der Waals surface area contributed by atoms with Crippen LogP contribution in [-0.2, 0) is 19.4 Å². The molecule has 3 rings (SSSR count). The minimum absolute atomic E-state index is 0.0320. The molecule has 6 nitrogen and oxygen atoms in total. The standard InChI is InChI=1S/C21H32N2O4S/c1-17-6-8-18(9-7-17)20(16-23-11-13-27-14-12-23)22-21(24)10-15-28(25,26)19-4-2-3-5-19/h6-9,19-20H,2-5,10-16H2,1H3,(H,22,24). The molecule has 1 heterocycles. The Morgan fingerprint density at radius 1 is 1.18 bits per heavy atom. The van der Waals surface area contributed by atoms with Crippen molar-refractivity contribution in [2.24, 2.45) is 0 Å². The summed E-state index contributed by atoms with van der Waals surface area (Å²) in [7, 11) is -3.18. The zero-order valence-electron chi connectivity index (χ0n) is 16.7. The van der Waals surface area contributed by atoms with E-state index < -0.39 is 9.84 Å². The predicted octanol–water partition coefficient (Wildman–Crippen LogP) is 2.23. The molecule has 1 amide bonds. The van der Waals surface area contributed by atoms with Crippen molar-refractivity contribution in [1.82, 2.24) is 10.2 Å². The van der Waals surface area contributed by atoms with Crippen LogP contribution in [0.15, 0.2) is 24.3 Å². The van der Waals surface area contributed by atoms with E-state index in [0.29, 0.717) is 19.8 Å². The van der Waals surface area contributed by atoms with E-state index in [1.54, 1.807) is 0 Å². The Balaban J connectivity index is 1.60. The fourth-order valence-corrected chi connectivity index (χ4v) is 5.85. The monoisotopic (exact) mass is 408 g/mol. The number of hydrogen-bond acceptors (Lipinski definition) is 5. The molecule has 2 aliphatic rings. The lowest BCUT2D eigenvalue weighted by atomic mass is 10.0. The van der Waals surface area contributed by atoms with Crippen LogP contribution in [0.25, 0.3) is 0 Å². The number of aryl methyl sites for hydroxylation is 1. The van der Waals surface area contributed by atoms with Crippen molar-refractivity contribution < 1.29 is 17.9 Å². The second-order valence-corrected chi connectivity index (χ2v) is 10.4. The van der Waals surface area contributed by atoms with Gasteiger partial charge < -0.3 is 10.1 Å². The van der Waals surface area contributed by atoms with E-state index in [2.05, 4.69) is 10.2 Å². The van der Waals surface area contributed by atoms with E-state index in [0.717, 1.165) is 44.3 Å². The Hall–Kier alpha value is -1.44. The number of amides is 1. The molecular weight excluding hydrogens is 376 g/mol. The van der Waals surface area contributed by atoms with E-state index in [1.807, 2.05) is 31.2 Å². The first-order valence-electron chi connectivity index (χ1n) is 10.3. The number of rotatable bonds is 8. The molecule has 1 aliphatic carbocycles. The molecule has 1 atom stereocenters. The molecule has 0 spiro atoms. The Bertz CT molecular complexity index is 736. The third kappa shape index (κ3) is 6.03. The van der Waals surface area contributed by atoms with E-state index in [-0.39, 0.29) is 29.4 Å². The zero-order chi connectivity index (χ0) is 20.0. The average molecular weight is 409 g/mol. The van der Waals surface area contributed by atoms with Crippen molar-refractivity contribution in [1.29, 1.82) is 0 Å². The Morgan fingerprint density at radius 2 is 1.82 bits per heavy atom. The molecule has 1 saturated heterocycles. The van der Waals surface area contributed by atoms with Gasteiger partial charge in [0, 0.05) is 26.1 Å². The lowest BCUT2D eigenvalue weighted by Crippen LogP contribution is -2.43. The molecule has 0 aromatic heterocycles. The van der Waals surface area contributed by atoms with Crippen LogP contribution >= 0.6 is 0 Å². The molecule has 0 radical (unpaired) electrons. The van der Waals surface area contributed by atoms with Crippen LogP contribution in [0, 0.1) is 6.92 Å². The summed E-state index contributed by atoms with van der Waals surface area (Å²) in [5.74, 6) is -0.248. The van der Waals surface area contributed by atoms with Gasteiger partial charge in [0.2, 0.25) is 5.91 Å². The van der Waals surface area contributed by atoms with Crippen LogP contribution in [-0.4, -0.2) is 63.1 Å². The summed E-state index contributed by atoms with van der Waals surface area (Å²) in [6.45, 7) is 5.83. The topological polar surface area (TPSA) is 75.7 Å². The highest BCUT2D eigenvalue weighted by molar-refractivity contribution is 7.92. The first-order chi connectivity index (χ1) is 13.4. The van der Waals surface area contributed by atoms with E-state index in [4.69, 9.17) is 4.74 Å². The Labute approximate surface area is 168 Å². The van der Waals surface area contributed by atoms with Gasteiger partial charge in [-0.3, -0.25) is 9.69 Å². The summed E-state index contributed by atoms with van der Waals surface area (Å²) in [6, 6.07) is 8.00. The quantitative estimate of drug-likeness (QED) is 0.714. The number of hydrogen-bond donors (Lipinski definition) is 1. The Kier molecular flexibility index (Phi) is 7.48. The fourth-order valence-electron chi connectivity index (χ4n) is 3.99. The van der Waals surface area contributed by atoms with Crippen LogP contribution in [0.5, 0.6) is 0 Å². The van der Waals surface area contributed by atoms with Gasteiger partial charge in [-0.2, -0.15) is 0 Å². The third-order valence-electron chi connectivity index (χ3n) is 5.78. The minimum Gasteiger partial charge on any atom is -0.379 e. The molecule has 1 saturated carbocycles. The number of carbonyl (C=O) groups is 1. The number of nitrogens with one attached hydrogen (secondary N) is 1. The van der Waals surface area contributed by atoms with Crippen LogP contribution in [0.4, 0.5) is 0 Å². The van der Waals surface area contributed by atoms with Gasteiger partial charge in [-0.15, -0.1) is 0 Å². The predicted molar refractivity (Wildman–Crippen MR) is 110 cm³/mol. The lowest BCUT2D eigenvalue weighted by molar-refractivity contribution is -0.121. The van der Waals surface area contributed by atoms with Gasteiger partial charge in [0.05, 0.1) is 30.3 Å². The van der Waals surface area contributed by atoms with Gasteiger partial charge in [0.15, 0.2) is 9.84 Å². The van der Waals surface area contributed by atoms with Gasteiger partial charge in [-0.05, 0) is 25.3 Å². The third-order valence-corrected chi connectivity index (χ3v) is 8.04. The highest BCUT2D eigenvalue weighted by Crippen LogP contribution is 2.25. The van der Waals surface area contributed by atoms with Gasteiger partial charge in [0.25, 0.3) is 0 Å². The van der Waals surface area contributed by atoms with Gasteiger partial charge in [-0.1, -0.05) is 42.7 Å². The highest BCUT2D eigenvalue weighted by Gasteiger charge is 2.29. The molecule has 156 valence electrons. The van der Waals surface area contributed by atoms with E-state index in [1.165, 1.54) is 5.56 Å². The van der Waals surface area contributed by atoms with Crippen molar-refractivity contribution in [2.75, 3.05) is 38.6 Å².